The highest BCUT2D eigenvalue weighted by atomic mass is 16.5. The third-order valence-electron chi connectivity index (χ3n) is 3.58. The van der Waals surface area contributed by atoms with Crippen molar-refractivity contribution in [3.05, 3.63) is 23.8 Å². The second kappa shape index (κ2) is 6.45. The van der Waals surface area contributed by atoms with Crippen molar-refractivity contribution in [1.82, 2.24) is 4.90 Å². The minimum atomic E-state index is -0.0814. The van der Waals surface area contributed by atoms with E-state index in [0.717, 1.165) is 25.9 Å². The van der Waals surface area contributed by atoms with Crippen molar-refractivity contribution in [2.45, 2.75) is 32.1 Å². The Morgan fingerprint density at radius 1 is 1.16 bits per heavy atom. The first-order valence-electron chi connectivity index (χ1n) is 6.88. The maximum Gasteiger partial charge on any atom is 0.257 e. The quantitative estimate of drug-likeness (QED) is 0.892. The summed E-state index contributed by atoms with van der Waals surface area (Å²) < 4.78 is 5.03. The molecule has 104 valence electrons. The van der Waals surface area contributed by atoms with Gasteiger partial charge in [0.1, 0.15) is 11.5 Å². The fraction of sp³-hybridized carbons (Fsp3) is 0.533. The summed E-state index contributed by atoms with van der Waals surface area (Å²) in [6, 6.07) is 4.82. The molecule has 0 bridgehead atoms. The zero-order valence-corrected chi connectivity index (χ0v) is 11.4. The lowest BCUT2D eigenvalue weighted by Gasteiger charge is -2.25. The lowest BCUT2D eigenvalue weighted by molar-refractivity contribution is 0.0739. The van der Waals surface area contributed by atoms with Crippen LogP contribution in [0, 0.1) is 0 Å². The van der Waals surface area contributed by atoms with Crippen molar-refractivity contribution < 1.29 is 14.6 Å². The van der Waals surface area contributed by atoms with Gasteiger partial charge in [-0.05, 0) is 25.0 Å². The number of likely N-dealkylation sites (tertiary alicyclic amines) is 1. The van der Waals surface area contributed by atoms with Gasteiger partial charge in [0, 0.05) is 19.2 Å². The second-order valence-corrected chi connectivity index (χ2v) is 4.94. The number of ether oxygens (including phenoxy) is 1. The molecule has 1 amide bonds. The van der Waals surface area contributed by atoms with Crippen molar-refractivity contribution in [3.8, 4) is 11.5 Å². The standard InChI is InChI=1S/C15H21NO3/c1-19-12-7-8-13(14(17)11-12)15(18)16-9-5-3-2-4-6-10-16/h7-8,11,17H,2-6,9-10H2,1H3. The predicted molar refractivity (Wildman–Crippen MR) is 73.6 cm³/mol. The fourth-order valence-electron chi connectivity index (χ4n) is 2.44. The highest BCUT2D eigenvalue weighted by molar-refractivity contribution is 5.97. The molecular formula is C15H21NO3. The summed E-state index contributed by atoms with van der Waals surface area (Å²) in [6.07, 6.45) is 5.71. The molecule has 1 fully saturated rings. The molecule has 0 aromatic heterocycles. The van der Waals surface area contributed by atoms with Crippen LogP contribution in [0.5, 0.6) is 11.5 Å². The Morgan fingerprint density at radius 3 is 2.37 bits per heavy atom. The average molecular weight is 263 g/mol. The molecule has 1 aliphatic heterocycles. The van der Waals surface area contributed by atoms with Gasteiger partial charge in [-0.1, -0.05) is 19.3 Å². The van der Waals surface area contributed by atoms with Crippen LogP contribution in [0.4, 0.5) is 0 Å². The summed E-state index contributed by atoms with van der Waals surface area (Å²) in [5.74, 6) is 0.468. The minimum absolute atomic E-state index is 0.00795. The number of rotatable bonds is 2. The van der Waals surface area contributed by atoms with Crippen LogP contribution in [0.2, 0.25) is 0 Å². The van der Waals surface area contributed by atoms with Gasteiger partial charge in [-0.2, -0.15) is 0 Å². The Labute approximate surface area is 114 Å². The van der Waals surface area contributed by atoms with Crippen LogP contribution in [0.25, 0.3) is 0 Å². The van der Waals surface area contributed by atoms with Crippen LogP contribution in [0.15, 0.2) is 18.2 Å². The molecule has 19 heavy (non-hydrogen) atoms. The van der Waals surface area contributed by atoms with Crippen molar-refractivity contribution >= 4 is 5.91 Å². The van der Waals surface area contributed by atoms with Gasteiger partial charge in [0.25, 0.3) is 5.91 Å². The molecule has 0 aliphatic carbocycles. The average Bonchev–Trinajstić information content (AvgIpc) is 2.37. The molecule has 2 rings (SSSR count). The van der Waals surface area contributed by atoms with E-state index in [2.05, 4.69) is 0 Å². The molecule has 1 aromatic carbocycles. The van der Waals surface area contributed by atoms with Gasteiger partial charge >= 0.3 is 0 Å². The van der Waals surface area contributed by atoms with E-state index in [-0.39, 0.29) is 11.7 Å². The topological polar surface area (TPSA) is 49.8 Å². The van der Waals surface area contributed by atoms with Gasteiger partial charge in [0.05, 0.1) is 12.7 Å². The van der Waals surface area contributed by atoms with Crippen LogP contribution < -0.4 is 4.74 Å². The Balaban J connectivity index is 2.13. The summed E-state index contributed by atoms with van der Waals surface area (Å²) in [7, 11) is 1.54. The van der Waals surface area contributed by atoms with Crippen LogP contribution in [-0.2, 0) is 0 Å². The number of benzene rings is 1. The smallest absolute Gasteiger partial charge is 0.257 e. The molecule has 0 spiro atoms. The van der Waals surface area contributed by atoms with E-state index < -0.39 is 0 Å². The minimum Gasteiger partial charge on any atom is -0.507 e. The van der Waals surface area contributed by atoms with Gasteiger partial charge in [-0.25, -0.2) is 0 Å². The third kappa shape index (κ3) is 3.40. The number of carbonyl (C=O) groups excluding carboxylic acids is 1. The molecule has 1 saturated heterocycles. The molecule has 1 aliphatic rings. The lowest BCUT2D eigenvalue weighted by atomic mass is 10.1. The van der Waals surface area contributed by atoms with Crippen LogP contribution in [-0.4, -0.2) is 36.1 Å². The van der Waals surface area contributed by atoms with E-state index in [9.17, 15) is 9.90 Å². The van der Waals surface area contributed by atoms with E-state index in [1.807, 2.05) is 4.90 Å². The summed E-state index contributed by atoms with van der Waals surface area (Å²) in [4.78, 5) is 14.3. The number of methoxy groups -OCH3 is 1. The van der Waals surface area contributed by atoms with Crippen molar-refractivity contribution in [2.24, 2.45) is 0 Å². The lowest BCUT2D eigenvalue weighted by Crippen LogP contribution is -2.33. The van der Waals surface area contributed by atoms with Gasteiger partial charge in [0.2, 0.25) is 0 Å². The number of phenolic OH excluding ortho intramolecular Hbond substituents is 1. The molecule has 0 atom stereocenters. The molecule has 0 saturated carbocycles. The molecule has 4 heteroatoms. The second-order valence-electron chi connectivity index (χ2n) is 4.94. The van der Waals surface area contributed by atoms with Gasteiger partial charge in [-0.3, -0.25) is 4.79 Å². The van der Waals surface area contributed by atoms with E-state index in [1.165, 1.54) is 32.4 Å². The molecule has 1 aromatic rings. The maximum absolute atomic E-state index is 12.4. The summed E-state index contributed by atoms with van der Waals surface area (Å²) in [6.45, 7) is 1.56. The van der Waals surface area contributed by atoms with Crippen molar-refractivity contribution in [2.75, 3.05) is 20.2 Å². The van der Waals surface area contributed by atoms with Crippen molar-refractivity contribution in [1.29, 1.82) is 0 Å². The zero-order valence-electron chi connectivity index (χ0n) is 11.4. The predicted octanol–water partition coefficient (Wildman–Crippen LogP) is 2.81. The Kier molecular flexibility index (Phi) is 4.66. The number of amides is 1. The monoisotopic (exact) mass is 263 g/mol. The SMILES string of the molecule is COc1ccc(C(=O)N2CCCCCCC2)c(O)c1. The molecule has 0 radical (unpaired) electrons. The Morgan fingerprint density at radius 2 is 1.79 bits per heavy atom. The van der Waals surface area contributed by atoms with Crippen LogP contribution in [0.1, 0.15) is 42.5 Å². The summed E-state index contributed by atoms with van der Waals surface area (Å²) in [5.41, 5.74) is 0.362. The molecule has 0 unspecified atom stereocenters. The van der Waals surface area contributed by atoms with Gasteiger partial charge in [0.15, 0.2) is 0 Å². The zero-order chi connectivity index (χ0) is 13.7. The summed E-state index contributed by atoms with van der Waals surface area (Å²) >= 11 is 0. The Hall–Kier alpha value is -1.71. The largest absolute Gasteiger partial charge is 0.507 e. The summed E-state index contributed by atoms with van der Waals surface area (Å²) in [5, 5.41) is 9.92. The number of hydrogen-bond acceptors (Lipinski definition) is 3. The molecule has 1 N–H and O–H groups in total. The van der Waals surface area contributed by atoms with E-state index in [4.69, 9.17) is 4.74 Å². The van der Waals surface area contributed by atoms with Crippen LogP contribution >= 0.6 is 0 Å². The number of aromatic hydroxyl groups is 1. The first kappa shape index (κ1) is 13.7. The maximum atomic E-state index is 12.4. The number of hydrogen-bond donors (Lipinski definition) is 1. The fourth-order valence-corrected chi connectivity index (χ4v) is 2.44. The van der Waals surface area contributed by atoms with Gasteiger partial charge in [-0.15, -0.1) is 0 Å². The first-order valence-corrected chi connectivity index (χ1v) is 6.88. The molecule has 1 heterocycles. The third-order valence-corrected chi connectivity index (χ3v) is 3.58. The number of carbonyl (C=O) groups is 1. The van der Waals surface area contributed by atoms with Crippen molar-refractivity contribution in [3.63, 3.8) is 0 Å². The highest BCUT2D eigenvalue weighted by Crippen LogP contribution is 2.25. The molecular weight excluding hydrogens is 242 g/mol. The van der Waals surface area contributed by atoms with E-state index >= 15 is 0 Å². The first-order chi connectivity index (χ1) is 9.22. The normalized spacial score (nSPS) is 16.6. The highest BCUT2D eigenvalue weighted by Gasteiger charge is 2.19. The number of nitrogens with zero attached hydrogens (tertiary/aromatic N) is 1. The molecule has 4 nitrogen and oxygen atoms in total. The Bertz CT molecular complexity index is 437. The van der Waals surface area contributed by atoms with E-state index in [1.54, 1.807) is 12.1 Å². The van der Waals surface area contributed by atoms with Crippen LogP contribution in [0.3, 0.4) is 0 Å². The number of phenols is 1. The van der Waals surface area contributed by atoms with Gasteiger partial charge < -0.3 is 14.7 Å². The van der Waals surface area contributed by atoms with E-state index in [0.29, 0.717) is 11.3 Å².